The first-order chi connectivity index (χ1) is 18.4. The van der Waals surface area contributed by atoms with Crippen molar-refractivity contribution in [1.82, 2.24) is 14.9 Å². The molecule has 3 heterocycles. The monoisotopic (exact) mass is 530 g/mol. The van der Waals surface area contributed by atoms with E-state index < -0.39 is 11.6 Å². The molecule has 2 aromatic rings. The van der Waals surface area contributed by atoms with E-state index in [9.17, 15) is 13.6 Å². The highest BCUT2D eigenvalue weighted by Gasteiger charge is 2.43. The predicted molar refractivity (Wildman–Crippen MR) is 137 cm³/mol. The Hall–Kier alpha value is -3.01. The lowest BCUT2D eigenvalue weighted by Crippen LogP contribution is -2.54. The maximum atomic E-state index is 14.6. The van der Waals surface area contributed by atoms with E-state index in [-0.39, 0.29) is 29.7 Å². The molecule has 5 rings (SSSR count). The number of likely N-dealkylation sites (tertiary alicyclic amines) is 1. The Morgan fingerprint density at radius 1 is 1.05 bits per heavy atom. The molecule has 3 aliphatic rings. The fourth-order valence-corrected chi connectivity index (χ4v) is 5.64. The number of hydrogen-bond donors (Lipinski definition) is 0. The normalized spacial score (nSPS) is 21.8. The number of halogens is 2. The Kier molecular flexibility index (Phi) is 8.26. The standard InChI is InChI=1S/C28H36F2N4O4/c1-3-37-21-14-31-28(32-15-21)33-7-4-18(5-8-33)23-10-19(23)6-9-38-20-11-25(29)24(26(30)12-20)13-27(35)34-16-22(17-34)36-2/h11-12,14-15,18-19,22-23H,3-10,13,16-17H2,1-2H3/t19-,23-/m0/s1. The molecule has 0 bridgehead atoms. The smallest absolute Gasteiger partial charge is 0.227 e. The van der Waals surface area contributed by atoms with Crippen molar-refractivity contribution in [3.63, 3.8) is 0 Å². The fraction of sp³-hybridized carbons (Fsp3) is 0.607. The number of nitrogens with zero attached hydrogens (tertiary/aromatic N) is 4. The van der Waals surface area contributed by atoms with Gasteiger partial charge in [0.2, 0.25) is 11.9 Å². The molecule has 2 atom stereocenters. The fourth-order valence-electron chi connectivity index (χ4n) is 5.64. The van der Waals surface area contributed by atoms with Crippen molar-refractivity contribution in [3.05, 3.63) is 41.7 Å². The Bertz CT molecular complexity index is 1080. The first-order valence-electron chi connectivity index (χ1n) is 13.6. The molecule has 0 radical (unpaired) electrons. The minimum absolute atomic E-state index is 0.00189. The first kappa shape index (κ1) is 26.6. The van der Waals surface area contributed by atoms with E-state index in [4.69, 9.17) is 14.2 Å². The minimum Gasteiger partial charge on any atom is -0.493 e. The van der Waals surface area contributed by atoms with Crippen LogP contribution in [0.2, 0.25) is 0 Å². The maximum absolute atomic E-state index is 14.6. The number of carbonyl (C=O) groups is 1. The predicted octanol–water partition coefficient (Wildman–Crippen LogP) is 3.87. The van der Waals surface area contributed by atoms with Gasteiger partial charge in [0.25, 0.3) is 0 Å². The van der Waals surface area contributed by atoms with Crippen LogP contribution in [0.15, 0.2) is 24.5 Å². The second-order valence-electron chi connectivity index (χ2n) is 10.5. The molecule has 1 aromatic heterocycles. The highest BCUT2D eigenvalue weighted by Crippen LogP contribution is 2.50. The topological polar surface area (TPSA) is 77.0 Å². The van der Waals surface area contributed by atoms with Gasteiger partial charge in [-0.25, -0.2) is 18.7 Å². The number of amides is 1. The largest absolute Gasteiger partial charge is 0.493 e. The average Bonchev–Trinajstić information content (AvgIpc) is 3.66. The summed E-state index contributed by atoms with van der Waals surface area (Å²) in [6.07, 6.45) is 7.42. The van der Waals surface area contributed by atoms with Gasteiger partial charge in [-0.15, -0.1) is 0 Å². The van der Waals surface area contributed by atoms with Crippen molar-refractivity contribution < 1.29 is 27.8 Å². The zero-order valence-corrected chi connectivity index (χ0v) is 22.1. The molecule has 2 aliphatic heterocycles. The van der Waals surface area contributed by atoms with E-state index >= 15 is 0 Å². The van der Waals surface area contributed by atoms with Gasteiger partial charge in [0.15, 0.2) is 5.75 Å². The van der Waals surface area contributed by atoms with Crippen molar-refractivity contribution in [2.75, 3.05) is 51.4 Å². The molecule has 2 saturated heterocycles. The molecule has 0 unspecified atom stereocenters. The van der Waals surface area contributed by atoms with Gasteiger partial charge in [0.1, 0.15) is 17.4 Å². The lowest BCUT2D eigenvalue weighted by atomic mass is 9.90. The molecular formula is C28H36F2N4O4. The summed E-state index contributed by atoms with van der Waals surface area (Å²) >= 11 is 0. The summed E-state index contributed by atoms with van der Waals surface area (Å²) < 4.78 is 45.4. The summed E-state index contributed by atoms with van der Waals surface area (Å²) in [5, 5.41) is 0. The number of methoxy groups -OCH3 is 1. The molecule has 1 aromatic carbocycles. The third-order valence-electron chi connectivity index (χ3n) is 8.06. The zero-order valence-electron chi connectivity index (χ0n) is 22.1. The number of carbonyl (C=O) groups excluding carboxylic acids is 1. The minimum atomic E-state index is -0.746. The summed E-state index contributed by atoms with van der Waals surface area (Å²) in [7, 11) is 1.58. The van der Waals surface area contributed by atoms with Gasteiger partial charge in [-0.3, -0.25) is 4.79 Å². The summed E-state index contributed by atoms with van der Waals surface area (Å²) in [6, 6.07) is 2.37. The molecule has 0 spiro atoms. The number of ether oxygens (including phenoxy) is 3. The summed E-state index contributed by atoms with van der Waals surface area (Å²) in [6.45, 7) is 5.75. The molecule has 1 amide bonds. The van der Waals surface area contributed by atoms with Crippen LogP contribution in [0.25, 0.3) is 0 Å². The molecular weight excluding hydrogens is 494 g/mol. The number of piperidine rings is 1. The van der Waals surface area contributed by atoms with E-state index in [2.05, 4.69) is 14.9 Å². The van der Waals surface area contributed by atoms with Crippen molar-refractivity contribution in [2.45, 2.75) is 45.1 Å². The number of benzene rings is 1. The Labute approximate surface area is 222 Å². The zero-order chi connectivity index (χ0) is 26.6. The van der Waals surface area contributed by atoms with Crippen LogP contribution in [-0.4, -0.2) is 73.4 Å². The van der Waals surface area contributed by atoms with Crippen LogP contribution >= 0.6 is 0 Å². The van der Waals surface area contributed by atoms with Gasteiger partial charge in [0, 0.05) is 51.0 Å². The average molecular weight is 531 g/mol. The van der Waals surface area contributed by atoms with Gasteiger partial charge < -0.3 is 24.0 Å². The lowest BCUT2D eigenvalue weighted by molar-refractivity contribution is -0.142. The molecule has 0 N–H and O–H groups in total. The summed E-state index contributed by atoms with van der Waals surface area (Å²) in [5.74, 6) is 1.76. The lowest BCUT2D eigenvalue weighted by Gasteiger charge is -2.38. The van der Waals surface area contributed by atoms with E-state index in [0.717, 1.165) is 38.3 Å². The van der Waals surface area contributed by atoms with Crippen molar-refractivity contribution in [1.29, 1.82) is 0 Å². The van der Waals surface area contributed by atoms with Crippen LogP contribution in [0.3, 0.4) is 0 Å². The number of rotatable bonds is 11. The Balaban J connectivity index is 1.03. The third-order valence-corrected chi connectivity index (χ3v) is 8.06. The summed E-state index contributed by atoms with van der Waals surface area (Å²) in [4.78, 5) is 24.9. The van der Waals surface area contributed by atoms with E-state index in [0.29, 0.717) is 49.8 Å². The van der Waals surface area contributed by atoms with Crippen LogP contribution < -0.4 is 14.4 Å². The maximum Gasteiger partial charge on any atom is 0.227 e. The number of anilines is 1. The van der Waals surface area contributed by atoms with Gasteiger partial charge in [-0.05, 0) is 50.4 Å². The van der Waals surface area contributed by atoms with Crippen LogP contribution in [0.5, 0.6) is 11.5 Å². The van der Waals surface area contributed by atoms with E-state index in [1.54, 1.807) is 24.4 Å². The molecule has 8 nitrogen and oxygen atoms in total. The molecule has 38 heavy (non-hydrogen) atoms. The molecule has 3 fully saturated rings. The van der Waals surface area contributed by atoms with E-state index in [1.165, 1.54) is 18.6 Å². The molecule has 10 heteroatoms. The first-order valence-corrected chi connectivity index (χ1v) is 13.6. The Morgan fingerprint density at radius 3 is 2.37 bits per heavy atom. The quantitative estimate of drug-likeness (QED) is 0.437. The van der Waals surface area contributed by atoms with Gasteiger partial charge in [0.05, 0.1) is 38.1 Å². The van der Waals surface area contributed by atoms with Gasteiger partial charge in [-0.1, -0.05) is 0 Å². The second kappa shape index (κ2) is 11.8. The number of aromatic nitrogens is 2. The van der Waals surface area contributed by atoms with Crippen LogP contribution in [0.1, 0.15) is 38.2 Å². The van der Waals surface area contributed by atoms with Gasteiger partial charge >= 0.3 is 0 Å². The van der Waals surface area contributed by atoms with Crippen LogP contribution in [-0.2, 0) is 16.0 Å². The van der Waals surface area contributed by atoms with Crippen molar-refractivity contribution >= 4 is 11.9 Å². The van der Waals surface area contributed by atoms with Crippen molar-refractivity contribution in [2.24, 2.45) is 17.8 Å². The second-order valence-corrected chi connectivity index (χ2v) is 10.5. The molecule has 206 valence electrons. The highest BCUT2D eigenvalue weighted by atomic mass is 19.1. The van der Waals surface area contributed by atoms with Crippen LogP contribution in [0, 0.1) is 29.4 Å². The highest BCUT2D eigenvalue weighted by molar-refractivity contribution is 5.79. The van der Waals surface area contributed by atoms with Crippen LogP contribution in [0.4, 0.5) is 14.7 Å². The molecule has 1 aliphatic carbocycles. The SMILES string of the molecule is CCOc1cnc(N2CCC([C@@H]3C[C@@H]3CCOc3cc(F)c(CC(=O)N4CC(OC)C4)c(F)c3)CC2)nc1. The Morgan fingerprint density at radius 2 is 1.74 bits per heavy atom. The van der Waals surface area contributed by atoms with E-state index in [1.807, 2.05) is 6.92 Å². The summed E-state index contributed by atoms with van der Waals surface area (Å²) in [5.41, 5.74) is -0.215. The third kappa shape index (κ3) is 6.17. The number of hydrogen-bond acceptors (Lipinski definition) is 7. The van der Waals surface area contributed by atoms with Gasteiger partial charge in [-0.2, -0.15) is 0 Å². The molecule has 1 saturated carbocycles. The van der Waals surface area contributed by atoms with Crippen molar-refractivity contribution in [3.8, 4) is 11.5 Å².